The van der Waals surface area contributed by atoms with E-state index in [-0.39, 0.29) is 16.2 Å². The number of halogens is 1. The van der Waals surface area contributed by atoms with Gasteiger partial charge in [-0.2, -0.15) is 8.42 Å². The minimum absolute atomic E-state index is 0.0977. The number of carboxylic acids is 1. The zero-order valence-corrected chi connectivity index (χ0v) is 11.6. The summed E-state index contributed by atoms with van der Waals surface area (Å²) in [7, 11) is -4.07. The number of carbonyl (C=O) groups is 1. The molecule has 2 aromatic rings. The van der Waals surface area contributed by atoms with E-state index in [1.165, 1.54) is 35.0 Å². The van der Waals surface area contributed by atoms with Crippen LogP contribution in [0.25, 0.3) is 0 Å². The molecule has 0 unspecified atom stereocenters. The van der Waals surface area contributed by atoms with Crippen LogP contribution in [-0.2, 0) is 10.1 Å². The van der Waals surface area contributed by atoms with Crippen LogP contribution in [0.4, 0.5) is 0 Å². The maximum atomic E-state index is 11.9. The average molecular weight is 319 g/mol. The number of aromatic carboxylic acids is 1. The van der Waals surface area contributed by atoms with Gasteiger partial charge in [-0.1, -0.05) is 11.6 Å². The summed E-state index contributed by atoms with van der Waals surface area (Å²) in [5, 5.41) is 11.9. The van der Waals surface area contributed by atoms with Gasteiger partial charge in [0.2, 0.25) is 0 Å². The molecule has 0 aliphatic rings. The maximum absolute atomic E-state index is 11.9. The molecule has 0 atom stereocenters. The Hall–Kier alpha value is -1.57. The van der Waals surface area contributed by atoms with Gasteiger partial charge in [-0.25, -0.2) is 4.79 Å². The predicted molar refractivity (Wildman–Crippen MR) is 70.5 cm³/mol. The van der Waals surface area contributed by atoms with Gasteiger partial charge in [-0.3, -0.25) is 0 Å². The van der Waals surface area contributed by atoms with Crippen molar-refractivity contribution in [3.05, 3.63) is 45.6 Å². The van der Waals surface area contributed by atoms with Crippen molar-refractivity contribution in [2.75, 3.05) is 0 Å². The zero-order chi connectivity index (χ0) is 14.0. The Morgan fingerprint density at radius 2 is 1.84 bits per heavy atom. The molecule has 0 fully saturated rings. The van der Waals surface area contributed by atoms with Crippen molar-refractivity contribution in [3.63, 3.8) is 0 Å². The Morgan fingerprint density at radius 3 is 2.42 bits per heavy atom. The molecule has 1 heterocycles. The fourth-order valence-electron chi connectivity index (χ4n) is 1.27. The van der Waals surface area contributed by atoms with Gasteiger partial charge >= 0.3 is 16.1 Å². The third-order valence-electron chi connectivity index (χ3n) is 2.16. The standard InChI is InChI=1S/C11H7ClO5S2/c12-7-1-3-8(4-2-7)19(15,16)17-10-6-18-5-9(10)11(13)14/h1-6H,(H,13,14). The molecule has 0 saturated heterocycles. The summed E-state index contributed by atoms with van der Waals surface area (Å²) in [6.07, 6.45) is 0. The highest BCUT2D eigenvalue weighted by molar-refractivity contribution is 7.87. The smallest absolute Gasteiger partial charge is 0.340 e. The van der Waals surface area contributed by atoms with E-state index in [0.29, 0.717) is 5.02 Å². The summed E-state index contributed by atoms with van der Waals surface area (Å²) in [6, 6.07) is 5.38. The summed E-state index contributed by atoms with van der Waals surface area (Å²) >= 11 is 6.70. The van der Waals surface area contributed by atoms with Crippen LogP contribution in [0.15, 0.2) is 39.9 Å². The fourth-order valence-corrected chi connectivity index (χ4v) is 3.12. The first-order valence-electron chi connectivity index (χ1n) is 4.90. The average Bonchev–Trinajstić information content (AvgIpc) is 2.77. The van der Waals surface area contributed by atoms with Crippen LogP contribution in [0, 0.1) is 0 Å². The lowest BCUT2D eigenvalue weighted by atomic mass is 10.3. The molecule has 8 heteroatoms. The molecule has 0 spiro atoms. The van der Waals surface area contributed by atoms with E-state index < -0.39 is 16.1 Å². The number of hydrogen-bond acceptors (Lipinski definition) is 5. The Kier molecular flexibility index (Phi) is 3.79. The molecule has 19 heavy (non-hydrogen) atoms. The van der Waals surface area contributed by atoms with Crippen LogP contribution >= 0.6 is 22.9 Å². The number of benzene rings is 1. The molecule has 0 aliphatic carbocycles. The highest BCUT2D eigenvalue weighted by atomic mass is 35.5. The summed E-state index contributed by atoms with van der Waals surface area (Å²) in [5.41, 5.74) is -0.192. The van der Waals surface area contributed by atoms with E-state index in [2.05, 4.69) is 0 Å². The lowest BCUT2D eigenvalue weighted by Gasteiger charge is -2.06. The molecule has 0 saturated carbocycles. The zero-order valence-electron chi connectivity index (χ0n) is 9.24. The predicted octanol–water partition coefficient (Wildman–Crippen LogP) is 2.87. The van der Waals surface area contributed by atoms with Gasteiger partial charge < -0.3 is 9.29 Å². The quantitative estimate of drug-likeness (QED) is 0.877. The van der Waals surface area contributed by atoms with Gasteiger partial charge in [0.05, 0.1) is 0 Å². The molecule has 5 nitrogen and oxygen atoms in total. The van der Waals surface area contributed by atoms with E-state index in [9.17, 15) is 13.2 Å². The minimum Gasteiger partial charge on any atom is -0.478 e. The molecule has 100 valence electrons. The van der Waals surface area contributed by atoms with Crippen molar-refractivity contribution in [1.29, 1.82) is 0 Å². The molecular weight excluding hydrogens is 312 g/mol. The molecule has 1 aromatic heterocycles. The normalized spacial score (nSPS) is 11.2. The monoisotopic (exact) mass is 318 g/mol. The molecule has 2 rings (SSSR count). The fraction of sp³-hybridized carbons (Fsp3) is 0. The van der Waals surface area contributed by atoms with Gasteiger partial charge in [0.15, 0.2) is 5.75 Å². The molecule has 0 aliphatic heterocycles. The first-order chi connectivity index (χ1) is 8.90. The minimum atomic E-state index is -4.07. The lowest BCUT2D eigenvalue weighted by molar-refractivity contribution is 0.0696. The van der Waals surface area contributed by atoms with Crippen LogP contribution < -0.4 is 4.18 Å². The molecular formula is C11H7ClO5S2. The van der Waals surface area contributed by atoms with Crippen molar-refractivity contribution >= 4 is 39.0 Å². The van der Waals surface area contributed by atoms with Crippen LogP contribution in [0.5, 0.6) is 5.75 Å². The highest BCUT2D eigenvalue weighted by Gasteiger charge is 2.21. The van der Waals surface area contributed by atoms with Gasteiger partial charge in [0.1, 0.15) is 10.5 Å². The van der Waals surface area contributed by atoms with Gasteiger partial charge in [0.25, 0.3) is 0 Å². The van der Waals surface area contributed by atoms with Gasteiger partial charge in [-0.05, 0) is 24.3 Å². The number of hydrogen-bond donors (Lipinski definition) is 1. The van der Waals surface area contributed by atoms with Gasteiger partial charge in [0, 0.05) is 15.8 Å². The summed E-state index contributed by atoms with van der Waals surface area (Å²) in [4.78, 5) is 10.8. The van der Waals surface area contributed by atoms with Gasteiger partial charge in [-0.15, -0.1) is 11.3 Å². The maximum Gasteiger partial charge on any atom is 0.340 e. The summed E-state index contributed by atoms with van der Waals surface area (Å²) in [6.45, 7) is 0. The van der Waals surface area contributed by atoms with Crippen LogP contribution in [0.2, 0.25) is 5.02 Å². The lowest BCUT2D eigenvalue weighted by Crippen LogP contribution is -2.11. The van der Waals surface area contributed by atoms with E-state index in [1.807, 2.05) is 0 Å². The van der Waals surface area contributed by atoms with Crippen molar-refractivity contribution in [3.8, 4) is 5.75 Å². The number of carboxylic acid groups (broad SMARTS) is 1. The highest BCUT2D eigenvalue weighted by Crippen LogP contribution is 2.27. The molecule has 0 radical (unpaired) electrons. The SMILES string of the molecule is O=C(O)c1cscc1OS(=O)(=O)c1ccc(Cl)cc1. The first kappa shape index (κ1) is 13.9. The molecule has 1 N–H and O–H groups in total. The summed E-state index contributed by atoms with van der Waals surface area (Å²) < 4.78 is 28.7. The Labute approximate surface area is 118 Å². The van der Waals surface area contributed by atoms with Crippen LogP contribution in [0.1, 0.15) is 10.4 Å². The van der Waals surface area contributed by atoms with Crippen molar-refractivity contribution < 1.29 is 22.5 Å². The van der Waals surface area contributed by atoms with Crippen molar-refractivity contribution in [2.45, 2.75) is 4.90 Å². The van der Waals surface area contributed by atoms with Crippen molar-refractivity contribution in [1.82, 2.24) is 0 Å². The number of thiophene rings is 1. The van der Waals surface area contributed by atoms with E-state index in [0.717, 1.165) is 11.3 Å². The molecule has 1 aromatic carbocycles. The second-order valence-corrected chi connectivity index (χ2v) is 6.17. The molecule has 0 bridgehead atoms. The Morgan fingerprint density at radius 1 is 1.21 bits per heavy atom. The third-order valence-corrected chi connectivity index (χ3v) is 4.38. The second kappa shape index (κ2) is 5.20. The van der Waals surface area contributed by atoms with Crippen molar-refractivity contribution in [2.24, 2.45) is 0 Å². The Balaban J connectivity index is 2.34. The van der Waals surface area contributed by atoms with E-state index in [1.54, 1.807) is 0 Å². The number of rotatable bonds is 4. The van der Waals surface area contributed by atoms with Crippen LogP contribution in [-0.4, -0.2) is 19.5 Å². The summed E-state index contributed by atoms with van der Waals surface area (Å²) in [5.74, 6) is -1.45. The van der Waals surface area contributed by atoms with E-state index in [4.69, 9.17) is 20.9 Å². The van der Waals surface area contributed by atoms with E-state index >= 15 is 0 Å². The van der Waals surface area contributed by atoms with Crippen LogP contribution in [0.3, 0.4) is 0 Å². The molecule has 0 amide bonds. The first-order valence-corrected chi connectivity index (χ1v) is 7.62. The topological polar surface area (TPSA) is 80.7 Å². The second-order valence-electron chi connectivity index (χ2n) is 3.45. The largest absolute Gasteiger partial charge is 0.478 e. The Bertz CT molecular complexity index is 703. The third kappa shape index (κ3) is 3.06.